The highest BCUT2D eigenvalue weighted by molar-refractivity contribution is 8.00. The van der Waals surface area contributed by atoms with Crippen LogP contribution in [0.1, 0.15) is 5.76 Å². The number of anilines is 1. The molecule has 9 nitrogen and oxygen atoms in total. The first-order valence-corrected chi connectivity index (χ1v) is 8.85. The SMILES string of the molecule is Cc1cc(NC(=O)CSCC(=O)NNC(=O)COc2ccc(F)cc2)no1. The number of hydrogen-bond acceptors (Lipinski definition) is 7. The van der Waals surface area contributed by atoms with Gasteiger partial charge in [0.1, 0.15) is 17.3 Å². The lowest BCUT2D eigenvalue weighted by atomic mass is 10.3. The Bertz CT molecular complexity index is 796. The number of benzene rings is 1. The van der Waals surface area contributed by atoms with Crippen molar-refractivity contribution in [3.63, 3.8) is 0 Å². The highest BCUT2D eigenvalue weighted by Gasteiger charge is 2.09. The van der Waals surface area contributed by atoms with Crippen molar-refractivity contribution in [3.8, 4) is 5.75 Å². The fourth-order valence-electron chi connectivity index (χ4n) is 1.73. The van der Waals surface area contributed by atoms with Gasteiger partial charge < -0.3 is 14.6 Å². The Morgan fingerprint density at radius 1 is 1.11 bits per heavy atom. The number of amides is 3. The monoisotopic (exact) mass is 396 g/mol. The van der Waals surface area contributed by atoms with Crippen LogP contribution in [-0.2, 0) is 14.4 Å². The Morgan fingerprint density at radius 3 is 2.44 bits per heavy atom. The second kappa shape index (κ2) is 10.2. The number of carbonyl (C=O) groups excluding carboxylic acids is 3. The lowest BCUT2D eigenvalue weighted by Gasteiger charge is -2.08. The minimum absolute atomic E-state index is 0.0287. The highest BCUT2D eigenvalue weighted by Crippen LogP contribution is 2.10. The number of nitrogens with one attached hydrogen (secondary N) is 3. The Hall–Kier alpha value is -3.08. The molecule has 0 atom stereocenters. The van der Waals surface area contributed by atoms with Crippen molar-refractivity contribution in [2.24, 2.45) is 0 Å². The number of rotatable bonds is 8. The molecule has 0 aliphatic heterocycles. The van der Waals surface area contributed by atoms with Gasteiger partial charge in [-0.05, 0) is 31.2 Å². The smallest absolute Gasteiger partial charge is 0.276 e. The summed E-state index contributed by atoms with van der Waals surface area (Å²) in [6.07, 6.45) is 0. The summed E-state index contributed by atoms with van der Waals surface area (Å²) >= 11 is 1.06. The predicted octanol–water partition coefficient (Wildman–Crippen LogP) is 1.02. The number of nitrogens with zero attached hydrogens (tertiary/aromatic N) is 1. The van der Waals surface area contributed by atoms with E-state index in [1.54, 1.807) is 13.0 Å². The molecule has 0 saturated carbocycles. The van der Waals surface area contributed by atoms with E-state index in [1.807, 2.05) is 0 Å². The molecule has 0 spiro atoms. The Kier molecular flexibility index (Phi) is 7.62. The molecule has 0 aliphatic rings. The van der Waals surface area contributed by atoms with Crippen LogP contribution in [0.5, 0.6) is 5.75 Å². The van der Waals surface area contributed by atoms with Gasteiger partial charge in [-0.1, -0.05) is 5.16 Å². The fourth-order valence-corrected chi connectivity index (χ4v) is 2.35. The van der Waals surface area contributed by atoms with Gasteiger partial charge in [-0.2, -0.15) is 0 Å². The lowest BCUT2D eigenvalue weighted by molar-refractivity contribution is -0.128. The molecule has 0 saturated heterocycles. The number of aryl methyl sites for hydroxylation is 1. The molecule has 0 aliphatic carbocycles. The third-order valence-corrected chi connectivity index (χ3v) is 3.82. The van der Waals surface area contributed by atoms with Gasteiger partial charge in [-0.25, -0.2) is 4.39 Å². The molecule has 1 aromatic heterocycles. The zero-order valence-corrected chi connectivity index (χ0v) is 15.1. The molecule has 0 fully saturated rings. The second-order valence-corrected chi connectivity index (χ2v) is 6.19. The number of ether oxygens (including phenoxy) is 1. The van der Waals surface area contributed by atoms with Gasteiger partial charge in [0, 0.05) is 6.07 Å². The Morgan fingerprint density at radius 2 is 1.78 bits per heavy atom. The summed E-state index contributed by atoms with van der Waals surface area (Å²) < 4.78 is 22.7. The average Bonchev–Trinajstić information content (AvgIpc) is 3.04. The van der Waals surface area contributed by atoms with Crippen molar-refractivity contribution < 1.29 is 28.0 Å². The molecular weight excluding hydrogens is 379 g/mol. The number of aromatic nitrogens is 1. The van der Waals surface area contributed by atoms with E-state index < -0.39 is 17.6 Å². The summed E-state index contributed by atoms with van der Waals surface area (Å²) in [6, 6.07) is 6.73. The number of halogens is 1. The van der Waals surface area contributed by atoms with E-state index >= 15 is 0 Å². The molecule has 11 heteroatoms. The summed E-state index contributed by atoms with van der Waals surface area (Å²) in [5.41, 5.74) is 4.37. The summed E-state index contributed by atoms with van der Waals surface area (Å²) in [5, 5.41) is 6.13. The molecule has 0 bridgehead atoms. The Balaban J connectivity index is 1.56. The van der Waals surface area contributed by atoms with Crippen molar-refractivity contribution >= 4 is 35.3 Å². The van der Waals surface area contributed by atoms with Crippen molar-refractivity contribution in [1.82, 2.24) is 16.0 Å². The number of hydrazine groups is 1. The van der Waals surface area contributed by atoms with Crippen LogP contribution in [0, 0.1) is 12.7 Å². The van der Waals surface area contributed by atoms with E-state index in [9.17, 15) is 18.8 Å². The molecular formula is C16H17FN4O5S. The molecule has 3 N–H and O–H groups in total. The standard InChI is InChI=1S/C16H17FN4O5S/c1-10-6-13(21-26-10)18-15(23)8-27-9-16(24)20-19-14(22)7-25-12-4-2-11(17)3-5-12/h2-6H,7-9H2,1H3,(H,19,22)(H,20,24)(H,18,21,23). The maximum atomic E-state index is 12.7. The van der Waals surface area contributed by atoms with Crippen LogP contribution in [0.2, 0.25) is 0 Å². The first-order valence-electron chi connectivity index (χ1n) is 7.69. The molecule has 1 aromatic carbocycles. The summed E-state index contributed by atoms with van der Waals surface area (Å²) in [4.78, 5) is 34.8. The summed E-state index contributed by atoms with van der Waals surface area (Å²) in [5.74, 6) is -0.642. The molecule has 0 radical (unpaired) electrons. The minimum atomic E-state index is -0.586. The summed E-state index contributed by atoms with van der Waals surface area (Å²) in [6.45, 7) is 1.35. The molecule has 144 valence electrons. The Labute approximate surface area is 158 Å². The normalized spacial score (nSPS) is 10.1. The van der Waals surface area contributed by atoms with E-state index in [4.69, 9.17) is 9.26 Å². The van der Waals surface area contributed by atoms with E-state index in [1.165, 1.54) is 24.3 Å². The van der Waals surface area contributed by atoms with E-state index in [0.717, 1.165) is 11.8 Å². The maximum absolute atomic E-state index is 12.7. The van der Waals surface area contributed by atoms with E-state index in [-0.39, 0.29) is 24.0 Å². The van der Waals surface area contributed by atoms with Crippen LogP contribution in [0.15, 0.2) is 34.9 Å². The first-order chi connectivity index (χ1) is 12.9. The van der Waals surface area contributed by atoms with Gasteiger partial charge in [0.05, 0.1) is 11.5 Å². The number of thioether (sulfide) groups is 1. The second-order valence-electron chi connectivity index (χ2n) is 5.20. The van der Waals surface area contributed by atoms with Crippen LogP contribution in [0.25, 0.3) is 0 Å². The van der Waals surface area contributed by atoms with Gasteiger partial charge in [-0.3, -0.25) is 25.2 Å². The van der Waals surface area contributed by atoms with Crippen LogP contribution in [0.4, 0.5) is 10.2 Å². The van der Waals surface area contributed by atoms with Gasteiger partial charge in [0.15, 0.2) is 12.4 Å². The molecule has 1 heterocycles. The zero-order chi connectivity index (χ0) is 19.6. The van der Waals surface area contributed by atoms with E-state index in [0.29, 0.717) is 17.3 Å². The van der Waals surface area contributed by atoms with Crippen LogP contribution >= 0.6 is 11.8 Å². The molecule has 0 unspecified atom stereocenters. The van der Waals surface area contributed by atoms with E-state index in [2.05, 4.69) is 21.3 Å². The maximum Gasteiger partial charge on any atom is 0.276 e. The van der Waals surface area contributed by atoms with Crippen molar-refractivity contribution in [2.45, 2.75) is 6.92 Å². The lowest BCUT2D eigenvalue weighted by Crippen LogP contribution is -2.44. The third kappa shape index (κ3) is 7.77. The quantitative estimate of drug-likeness (QED) is 0.569. The van der Waals surface area contributed by atoms with Crippen molar-refractivity contribution in [1.29, 1.82) is 0 Å². The molecule has 2 rings (SSSR count). The number of carbonyl (C=O) groups is 3. The van der Waals surface area contributed by atoms with Gasteiger partial charge >= 0.3 is 0 Å². The number of hydrogen-bond donors (Lipinski definition) is 3. The zero-order valence-electron chi connectivity index (χ0n) is 14.3. The van der Waals surface area contributed by atoms with Gasteiger partial charge in [0.2, 0.25) is 11.8 Å². The fraction of sp³-hybridized carbons (Fsp3) is 0.250. The van der Waals surface area contributed by atoms with Gasteiger partial charge in [0.25, 0.3) is 5.91 Å². The van der Waals surface area contributed by atoms with Crippen LogP contribution < -0.4 is 20.9 Å². The van der Waals surface area contributed by atoms with Crippen LogP contribution in [-0.4, -0.2) is 41.0 Å². The highest BCUT2D eigenvalue weighted by atomic mass is 32.2. The topological polar surface area (TPSA) is 123 Å². The first kappa shape index (κ1) is 20.2. The van der Waals surface area contributed by atoms with Crippen molar-refractivity contribution in [2.75, 3.05) is 23.4 Å². The van der Waals surface area contributed by atoms with Crippen molar-refractivity contribution in [3.05, 3.63) is 41.9 Å². The minimum Gasteiger partial charge on any atom is -0.484 e. The average molecular weight is 396 g/mol. The predicted molar refractivity (Wildman–Crippen MR) is 95.4 cm³/mol. The van der Waals surface area contributed by atoms with Crippen LogP contribution in [0.3, 0.4) is 0 Å². The largest absolute Gasteiger partial charge is 0.484 e. The molecule has 3 amide bonds. The van der Waals surface area contributed by atoms with Gasteiger partial charge in [-0.15, -0.1) is 11.8 Å². The molecule has 27 heavy (non-hydrogen) atoms. The summed E-state index contributed by atoms with van der Waals surface area (Å²) in [7, 11) is 0. The molecule has 2 aromatic rings. The third-order valence-electron chi connectivity index (χ3n) is 2.89.